The number of carbonyl (C=O) groups is 1. The molecule has 1 N–H and O–H groups in total. The zero-order valence-electron chi connectivity index (χ0n) is 12.6. The summed E-state index contributed by atoms with van der Waals surface area (Å²) in [5.41, 5.74) is 0.782. The van der Waals surface area contributed by atoms with Crippen molar-refractivity contribution in [2.24, 2.45) is 0 Å². The third kappa shape index (κ3) is 4.63. The molecular formula is C13H25N5O. The molecule has 0 atom stereocenters. The van der Waals surface area contributed by atoms with Gasteiger partial charge in [0.2, 0.25) is 5.91 Å². The highest BCUT2D eigenvalue weighted by atomic mass is 16.2. The van der Waals surface area contributed by atoms with E-state index < -0.39 is 0 Å². The highest BCUT2D eigenvalue weighted by molar-refractivity contribution is 5.78. The molecule has 0 aliphatic heterocycles. The van der Waals surface area contributed by atoms with E-state index in [1.165, 1.54) is 0 Å². The second kappa shape index (κ2) is 6.65. The minimum absolute atomic E-state index is 0.0672. The van der Waals surface area contributed by atoms with Crippen molar-refractivity contribution in [2.45, 2.75) is 46.7 Å². The molecule has 1 rings (SSSR count). The molecule has 0 fully saturated rings. The fourth-order valence-corrected chi connectivity index (χ4v) is 1.69. The van der Waals surface area contributed by atoms with Crippen molar-refractivity contribution < 1.29 is 4.79 Å². The normalized spacial score (nSPS) is 11.6. The molecule has 0 unspecified atom stereocenters. The maximum Gasteiger partial charge on any atom is 0.236 e. The van der Waals surface area contributed by atoms with Crippen LogP contribution in [-0.4, -0.2) is 45.4 Å². The van der Waals surface area contributed by atoms with Crippen LogP contribution in [0.4, 0.5) is 0 Å². The average molecular weight is 267 g/mol. The lowest BCUT2D eigenvalue weighted by Crippen LogP contribution is -2.37. The van der Waals surface area contributed by atoms with Gasteiger partial charge in [0.1, 0.15) is 0 Å². The first-order valence-corrected chi connectivity index (χ1v) is 6.78. The molecule has 0 saturated carbocycles. The predicted molar refractivity (Wildman–Crippen MR) is 74.7 cm³/mol. The average Bonchev–Trinajstić information content (AvgIpc) is 2.79. The fourth-order valence-electron chi connectivity index (χ4n) is 1.69. The molecule has 1 aromatic heterocycles. The van der Waals surface area contributed by atoms with Gasteiger partial charge in [0.25, 0.3) is 0 Å². The first kappa shape index (κ1) is 15.6. The monoisotopic (exact) mass is 267 g/mol. The first-order chi connectivity index (χ1) is 8.88. The number of hydrogen-bond donors (Lipinski definition) is 1. The molecule has 6 heteroatoms. The molecule has 0 radical (unpaired) electrons. The van der Waals surface area contributed by atoms with Gasteiger partial charge >= 0.3 is 0 Å². The summed E-state index contributed by atoms with van der Waals surface area (Å²) >= 11 is 0. The Morgan fingerprint density at radius 3 is 2.47 bits per heavy atom. The topological polar surface area (TPSA) is 63.1 Å². The molecule has 0 aliphatic rings. The second-order valence-electron chi connectivity index (χ2n) is 5.49. The van der Waals surface area contributed by atoms with Crippen molar-refractivity contribution in [1.82, 2.24) is 25.2 Å². The molecule has 0 spiro atoms. The van der Waals surface area contributed by atoms with Gasteiger partial charge in [0.05, 0.1) is 24.0 Å². The second-order valence-corrected chi connectivity index (χ2v) is 5.49. The molecular weight excluding hydrogens is 242 g/mol. The summed E-state index contributed by atoms with van der Waals surface area (Å²) in [6.45, 7) is 12.6. The lowest BCUT2D eigenvalue weighted by Gasteiger charge is -2.18. The van der Waals surface area contributed by atoms with Gasteiger partial charge in [-0.15, -0.1) is 5.10 Å². The molecule has 1 heterocycles. The van der Waals surface area contributed by atoms with Crippen LogP contribution in [0.2, 0.25) is 0 Å². The Bertz CT molecular complexity index is 403. The smallest absolute Gasteiger partial charge is 0.236 e. The summed E-state index contributed by atoms with van der Waals surface area (Å²) in [5, 5.41) is 11.3. The van der Waals surface area contributed by atoms with Gasteiger partial charge in [0, 0.05) is 19.6 Å². The third-order valence-electron chi connectivity index (χ3n) is 2.93. The Balaban J connectivity index is 2.41. The number of rotatable bonds is 6. The molecule has 0 aliphatic carbocycles. The van der Waals surface area contributed by atoms with E-state index in [4.69, 9.17) is 0 Å². The standard InChI is InChI=1S/C13H25N5O/c1-6-17(7-2)12(19)9-14-8-11-10-18(16-15-11)13(3,4)5/h10,14H,6-9H2,1-5H3. The van der Waals surface area contributed by atoms with E-state index in [9.17, 15) is 4.79 Å². The summed E-state index contributed by atoms with van der Waals surface area (Å²) in [4.78, 5) is 13.6. The Morgan fingerprint density at radius 2 is 2.00 bits per heavy atom. The van der Waals surface area contributed by atoms with E-state index in [1.807, 2.05) is 24.7 Å². The first-order valence-electron chi connectivity index (χ1n) is 6.78. The summed E-state index contributed by atoms with van der Waals surface area (Å²) < 4.78 is 1.83. The maximum absolute atomic E-state index is 11.8. The van der Waals surface area contributed by atoms with Crippen molar-refractivity contribution in [3.63, 3.8) is 0 Å². The van der Waals surface area contributed by atoms with Gasteiger partial charge in [-0.1, -0.05) is 5.21 Å². The van der Waals surface area contributed by atoms with E-state index in [0.29, 0.717) is 13.1 Å². The van der Waals surface area contributed by atoms with Gasteiger partial charge in [-0.2, -0.15) is 0 Å². The molecule has 0 saturated heterocycles. The molecule has 1 aromatic rings. The van der Waals surface area contributed by atoms with Crippen LogP contribution in [0.3, 0.4) is 0 Å². The van der Waals surface area contributed by atoms with Crippen LogP contribution < -0.4 is 5.32 Å². The molecule has 0 aromatic carbocycles. The van der Waals surface area contributed by atoms with Crippen molar-refractivity contribution >= 4 is 5.91 Å². The molecule has 0 bridgehead atoms. The highest BCUT2D eigenvalue weighted by Crippen LogP contribution is 2.11. The number of amides is 1. The van der Waals surface area contributed by atoms with Crippen molar-refractivity contribution in [3.8, 4) is 0 Å². The summed E-state index contributed by atoms with van der Waals surface area (Å²) in [7, 11) is 0. The van der Waals surface area contributed by atoms with Crippen molar-refractivity contribution in [2.75, 3.05) is 19.6 Å². The van der Waals surface area contributed by atoms with Crippen LogP contribution in [-0.2, 0) is 16.9 Å². The van der Waals surface area contributed by atoms with Gasteiger partial charge in [-0.3, -0.25) is 4.79 Å². The van der Waals surface area contributed by atoms with Crippen LogP contribution in [0.15, 0.2) is 6.20 Å². The summed E-state index contributed by atoms with van der Waals surface area (Å²) in [6, 6.07) is 0. The molecule has 108 valence electrons. The Morgan fingerprint density at radius 1 is 1.37 bits per heavy atom. The van der Waals surface area contributed by atoms with E-state index >= 15 is 0 Å². The van der Waals surface area contributed by atoms with Crippen molar-refractivity contribution in [3.05, 3.63) is 11.9 Å². The Kier molecular flexibility index (Phi) is 5.47. The SMILES string of the molecule is CCN(CC)C(=O)CNCc1cn(C(C)(C)C)nn1. The zero-order valence-corrected chi connectivity index (χ0v) is 12.6. The number of nitrogens with one attached hydrogen (secondary N) is 1. The summed E-state index contributed by atoms with van der Waals surface area (Å²) in [5.74, 6) is 0.119. The number of carbonyl (C=O) groups excluding carboxylic acids is 1. The predicted octanol–water partition coefficient (Wildman–Crippen LogP) is 0.991. The lowest BCUT2D eigenvalue weighted by atomic mass is 10.1. The minimum Gasteiger partial charge on any atom is -0.342 e. The van der Waals surface area contributed by atoms with E-state index in [2.05, 4.69) is 36.4 Å². The third-order valence-corrected chi connectivity index (χ3v) is 2.93. The van der Waals surface area contributed by atoms with Crippen LogP contribution in [0, 0.1) is 0 Å². The van der Waals surface area contributed by atoms with Gasteiger partial charge < -0.3 is 10.2 Å². The largest absolute Gasteiger partial charge is 0.342 e. The number of aromatic nitrogens is 3. The number of likely N-dealkylation sites (N-methyl/N-ethyl adjacent to an activating group) is 1. The quantitative estimate of drug-likeness (QED) is 0.835. The van der Waals surface area contributed by atoms with Gasteiger partial charge in [-0.05, 0) is 34.6 Å². The summed E-state index contributed by atoms with van der Waals surface area (Å²) in [6.07, 6.45) is 1.91. The van der Waals surface area contributed by atoms with Gasteiger partial charge in [-0.25, -0.2) is 4.68 Å². The van der Waals surface area contributed by atoms with Gasteiger partial charge in [0.15, 0.2) is 0 Å². The van der Waals surface area contributed by atoms with Crippen molar-refractivity contribution in [1.29, 1.82) is 0 Å². The van der Waals surface area contributed by atoms with Crippen LogP contribution in [0.25, 0.3) is 0 Å². The van der Waals surface area contributed by atoms with Crippen LogP contribution >= 0.6 is 0 Å². The minimum atomic E-state index is -0.0672. The van der Waals surface area contributed by atoms with E-state index in [1.54, 1.807) is 4.90 Å². The lowest BCUT2D eigenvalue weighted by molar-refractivity contribution is -0.129. The highest BCUT2D eigenvalue weighted by Gasteiger charge is 2.15. The van der Waals surface area contributed by atoms with Crippen LogP contribution in [0.1, 0.15) is 40.3 Å². The van der Waals surface area contributed by atoms with E-state index in [0.717, 1.165) is 18.8 Å². The van der Waals surface area contributed by atoms with E-state index in [-0.39, 0.29) is 11.4 Å². The Labute approximate surface area is 115 Å². The zero-order chi connectivity index (χ0) is 14.5. The molecule has 6 nitrogen and oxygen atoms in total. The molecule has 19 heavy (non-hydrogen) atoms. The number of nitrogens with zero attached hydrogens (tertiary/aromatic N) is 4. The van der Waals surface area contributed by atoms with Crippen LogP contribution in [0.5, 0.6) is 0 Å². The Hall–Kier alpha value is -1.43. The molecule has 1 amide bonds. The maximum atomic E-state index is 11.8. The fraction of sp³-hybridized carbons (Fsp3) is 0.769. The number of hydrogen-bond acceptors (Lipinski definition) is 4.